The number of hydrogen-bond acceptors (Lipinski definition) is 4. The van der Waals surface area contributed by atoms with Gasteiger partial charge in [0.1, 0.15) is 5.60 Å². The summed E-state index contributed by atoms with van der Waals surface area (Å²) in [6, 6.07) is 0. The lowest BCUT2D eigenvalue weighted by atomic mass is 9.87. The van der Waals surface area contributed by atoms with Crippen LogP contribution in [0.3, 0.4) is 0 Å². The summed E-state index contributed by atoms with van der Waals surface area (Å²) in [7, 11) is 0. The lowest BCUT2D eigenvalue weighted by Crippen LogP contribution is -2.53. The first-order valence-electron chi connectivity index (χ1n) is 8.90. The average Bonchev–Trinajstić information content (AvgIpc) is 2.91. The molecular formula is C19H32O4. The topological polar surface area (TPSA) is 55.8 Å². The molecule has 2 aliphatic rings. The number of ether oxygens (including phenoxy) is 2. The molecule has 0 spiro atoms. The number of aliphatic hydroxyl groups excluding tert-OH is 1. The van der Waals surface area contributed by atoms with Gasteiger partial charge in [0, 0.05) is 0 Å². The second-order valence-corrected chi connectivity index (χ2v) is 7.88. The molecule has 5 unspecified atom stereocenters. The Balaban J connectivity index is 1.78. The molecular weight excluding hydrogens is 292 g/mol. The van der Waals surface area contributed by atoms with Crippen molar-refractivity contribution in [2.45, 2.75) is 89.6 Å². The van der Waals surface area contributed by atoms with Gasteiger partial charge < -0.3 is 19.4 Å². The largest absolute Gasteiger partial charge is 0.393 e. The van der Waals surface area contributed by atoms with E-state index in [0.29, 0.717) is 6.61 Å². The molecule has 0 aromatic rings. The Bertz CT molecular complexity index is 443. The van der Waals surface area contributed by atoms with E-state index in [-0.39, 0.29) is 23.7 Å². The zero-order valence-electron chi connectivity index (χ0n) is 15.0. The molecule has 132 valence electrons. The third kappa shape index (κ3) is 4.43. The van der Waals surface area contributed by atoms with Crippen molar-refractivity contribution in [1.82, 2.24) is 0 Å². The van der Waals surface area contributed by atoms with Gasteiger partial charge in [-0.05, 0) is 58.8 Å². The Hall–Kier alpha value is -0.710. The minimum absolute atomic E-state index is 0.0207. The van der Waals surface area contributed by atoms with Crippen LogP contribution in [-0.2, 0) is 14.3 Å². The van der Waals surface area contributed by atoms with Crippen LogP contribution in [0.4, 0.5) is 0 Å². The molecule has 2 fully saturated rings. The van der Waals surface area contributed by atoms with Crippen LogP contribution in [0.2, 0.25) is 0 Å². The van der Waals surface area contributed by atoms with Gasteiger partial charge in [-0.15, -0.1) is 0 Å². The summed E-state index contributed by atoms with van der Waals surface area (Å²) in [6.45, 7) is 8.69. The number of rotatable bonds is 8. The average molecular weight is 324 g/mol. The smallest absolute Gasteiger partial charge is 0.154 e. The fourth-order valence-corrected chi connectivity index (χ4v) is 3.60. The van der Waals surface area contributed by atoms with Gasteiger partial charge in [0.25, 0.3) is 0 Å². The number of allylic oxidation sites excluding steroid dienone is 1. The maximum Gasteiger partial charge on any atom is 0.154 e. The molecule has 23 heavy (non-hydrogen) atoms. The summed E-state index contributed by atoms with van der Waals surface area (Å²) in [6.07, 6.45) is 8.02. The normalized spacial score (nSPS) is 35.6. The van der Waals surface area contributed by atoms with Gasteiger partial charge in [-0.25, -0.2) is 0 Å². The van der Waals surface area contributed by atoms with Crippen LogP contribution in [0, 0.1) is 5.92 Å². The fourth-order valence-electron chi connectivity index (χ4n) is 3.60. The second-order valence-electron chi connectivity index (χ2n) is 7.88. The van der Waals surface area contributed by atoms with Gasteiger partial charge in [-0.3, -0.25) is 0 Å². The van der Waals surface area contributed by atoms with Crippen molar-refractivity contribution in [3.63, 3.8) is 0 Å². The van der Waals surface area contributed by atoms with Crippen molar-refractivity contribution in [2.24, 2.45) is 5.92 Å². The highest BCUT2D eigenvalue weighted by molar-refractivity contribution is 5.63. The van der Waals surface area contributed by atoms with Crippen molar-refractivity contribution in [3.05, 3.63) is 11.6 Å². The number of hydrogen-bond donors (Lipinski definition) is 1. The van der Waals surface area contributed by atoms with Crippen LogP contribution in [0.1, 0.15) is 66.2 Å². The molecule has 0 aromatic heterocycles. The highest BCUT2D eigenvalue weighted by atomic mass is 16.6. The Kier molecular flexibility index (Phi) is 6.04. The summed E-state index contributed by atoms with van der Waals surface area (Å²) < 4.78 is 12.0. The summed E-state index contributed by atoms with van der Waals surface area (Å²) in [5, 5.41) is 10.2. The Labute approximate surface area is 140 Å². The molecule has 2 bridgehead atoms. The number of fused-ring (bicyclic) bond motifs is 2. The lowest BCUT2D eigenvalue weighted by Gasteiger charge is -2.42. The zero-order valence-corrected chi connectivity index (χ0v) is 15.0. The third-order valence-corrected chi connectivity index (χ3v) is 5.51. The molecule has 2 heterocycles. The van der Waals surface area contributed by atoms with E-state index in [1.165, 1.54) is 5.57 Å². The number of aliphatic hydroxyl groups is 1. The minimum atomic E-state index is -0.683. The maximum atomic E-state index is 11.2. The summed E-state index contributed by atoms with van der Waals surface area (Å²) in [5.74, 6) is 0.274. The molecule has 5 atom stereocenters. The Morgan fingerprint density at radius 2 is 2.17 bits per heavy atom. The first-order chi connectivity index (χ1) is 10.8. The molecule has 4 nitrogen and oxygen atoms in total. The van der Waals surface area contributed by atoms with E-state index in [2.05, 4.69) is 33.8 Å². The summed E-state index contributed by atoms with van der Waals surface area (Å²) >= 11 is 0. The van der Waals surface area contributed by atoms with Crippen LogP contribution in [0.15, 0.2) is 11.6 Å². The minimum Gasteiger partial charge on any atom is -0.393 e. The van der Waals surface area contributed by atoms with E-state index < -0.39 is 5.60 Å². The van der Waals surface area contributed by atoms with Crippen LogP contribution in [-0.4, -0.2) is 41.4 Å². The van der Waals surface area contributed by atoms with Gasteiger partial charge in [-0.2, -0.15) is 0 Å². The van der Waals surface area contributed by atoms with E-state index in [9.17, 15) is 9.90 Å². The molecule has 0 aromatic carbocycles. The molecule has 0 amide bonds. The predicted molar refractivity (Wildman–Crippen MR) is 90.3 cm³/mol. The van der Waals surface area contributed by atoms with Crippen molar-refractivity contribution < 1.29 is 19.4 Å². The Morgan fingerprint density at radius 3 is 2.83 bits per heavy atom. The van der Waals surface area contributed by atoms with E-state index >= 15 is 0 Å². The van der Waals surface area contributed by atoms with Gasteiger partial charge in [0.2, 0.25) is 0 Å². The Morgan fingerprint density at radius 1 is 1.43 bits per heavy atom. The summed E-state index contributed by atoms with van der Waals surface area (Å²) in [5.41, 5.74) is 0.266. The SMILES string of the molecule is CC(C)=CCC(O)C(C)CCCC1(C)OCC2(C=O)CCC1O2. The van der Waals surface area contributed by atoms with Gasteiger partial charge in [-0.1, -0.05) is 25.0 Å². The van der Waals surface area contributed by atoms with Gasteiger partial charge in [0.15, 0.2) is 6.29 Å². The van der Waals surface area contributed by atoms with Gasteiger partial charge in [0.05, 0.1) is 24.4 Å². The fraction of sp³-hybridized carbons (Fsp3) is 0.842. The number of aldehydes is 1. The van der Waals surface area contributed by atoms with Crippen molar-refractivity contribution >= 4 is 6.29 Å². The molecule has 0 saturated carbocycles. The van der Waals surface area contributed by atoms with E-state index in [0.717, 1.165) is 44.8 Å². The standard InChI is InChI=1S/C19H32O4/c1-14(2)7-8-16(21)15(3)6-5-10-18(4)17-9-11-19(12-20,23-17)13-22-18/h7,12,15-17,21H,5-6,8-11,13H2,1-4H3. The van der Waals surface area contributed by atoms with Crippen LogP contribution < -0.4 is 0 Å². The summed E-state index contributed by atoms with van der Waals surface area (Å²) in [4.78, 5) is 11.2. The van der Waals surface area contributed by atoms with E-state index in [1.807, 2.05) is 0 Å². The molecule has 1 N–H and O–H groups in total. The quantitative estimate of drug-likeness (QED) is 0.549. The van der Waals surface area contributed by atoms with Gasteiger partial charge >= 0.3 is 0 Å². The zero-order chi connectivity index (χ0) is 17.1. The van der Waals surface area contributed by atoms with Crippen LogP contribution >= 0.6 is 0 Å². The predicted octanol–water partition coefficient (Wildman–Crippen LogP) is 3.42. The lowest BCUT2D eigenvalue weighted by molar-refractivity contribution is -0.230. The third-order valence-electron chi connectivity index (χ3n) is 5.51. The van der Waals surface area contributed by atoms with Crippen LogP contribution in [0.25, 0.3) is 0 Å². The highest BCUT2D eigenvalue weighted by Crippen LogP contribution is 2.43. The number of carbonyl (C=O) groups excluding carboxylic acids is 1. The number of carbonyl (C=O) groups is 1. The molecule has 0 radical (unpaired) electrons. The van der Waals surface area contributed by atoms with E-state index in [4.69, 9.17) is 9.47 Å². The molecule has 0 aliphatic carbocycles. The first kappa shape index (κ1) is 18.6. The molecule has 4 heteroatoms. The van der Waals surface area contributed by atoms with Crippen molar-refractivity contribution in [2.75, 3.05) is 6.61 Å². The maximum absolute atomic E-state index is 11.2. The molecule has 2 saturated heterocycles. The first-order valence-corrected chi connectivity index (χ1v) is 8.90. The second kappa shape index (κ2) is 7.45. The van der Waals surface area contributed by atoms with Crippen molar-refractivity contribution in [3.8, 4) is 0 Å². The van der Waals surface area contributed by atoms with Crippen molar-refractivity contribution in [1.29, 1.82) is 0 Å². The molecule has 2 rings (SSSR count). The highest BCUT2D eigenvalue weighted by Gasteiger charge is 2.53. The monoisotopic (exact) mass is 324 g/mol. The van der Waals surface area contributed by atoms with Crippen LogP contribution in [0.5, 0.6) is 0 Å². The van der Waals surface area contributed by atoms with E-state index in [1.54, 1.807) is 0 Å². The molecule has 2 aliphatic heterocycles.